The van der Waals surface area contributed by atoms with Crippen molar-refractivity contribution in [2.75, 3.05) is 11.9 Å². The lowest BCUT2D eigenvalue weighted by Crippen LogP contribution is -2.09. The number of nitrogens with one attached hydrogen (secondary N) is 1. The summed E-state index contributed by atoms with van der Waals surface area (Å²) in [6.07, 6.45) is 0.965. The van der Waals surface area contributed by atoms with E-state index in [1.54, 1.807) is 6.07 Å². The van der Waals surface area contributed by atoms with Gasteiger partial charge >= 0.3 is 5.97 Å². The molecule has 104 valence electrons. The SMILES string of the molecule is CC(CCNc1ccc(C(=O)O)nn1)c1ccccc1. The molecule has 5 nitrogen and oxygen atoms in total. The highest BCUT2D eigenvalue weighted by Crippen LogP contribution is 2.18. The van der Waals surface area contributed by atoms with Gasteiger partial charge in [-0.3, -0.25) is 0 Å². The van der Waals surface area contributed by atoms with Crippen LogP contribution in [0, 0.1) is 0 Å². The highest BCUT2D eigenvalue weighted by atomic mass is 16.4. The van der Waals surface area contributed by atoms with Gasteiger partial charge in [0.1, 0.15) is 5.82 Å². The summed E-state index contributed by atoms with van der Waals surface area (Å²) in [5, 5.41) is 19.3. The van der Waals surface area contributed by atoms with Gasteiger partial charge in [-0.2, -0.15) is 0 Å². The lowest BCUT2D eigenvalue weighted by Gasteiger charge is -2.12. The number of hydrogen-bond donors (Lipinski definition) is 2. The Labute approximate surface area is 117 Å². The van der Waals surface area contributed by atoms with E-state index < -0.39 is 5.97 Å². The van der Waals surface area contributed by atoms with E-state index in [0.29, 0.717) is 11.7 Å². The molecule has 0 spiro atoms. The van der Waals surface area contributed by atoms with E-state index in [0.717, 1.165) is 13.0 Å². The first kappa shape index (κ1) is 14.0. The van der Waals surface area contributed by atoms with Crippen LogP contribution in [0.1, 0.15) is 35.3 Å². The van der Waals surface area contributed by atoms with Crippen LogP contribution in [0.15, 0.2) is 42.5 Å². The lowest BCUT2D eigenvalue weighted by atomic mass is 9.98. The Morgan fingerprint density at radius 3 is 2.55 bits per heavy atom. The van der Waals surface area contributed by atoms with Crippen LogP contribution in [0.2, 0.25) is 0 Å². The third-order valence-electron chi connectivity index (χ3n) is 3.14. The first-order valence-corrected chi connectivity index (χ1v) is 6.52. The molecule has 0 saturated heterocycles. The van der Waals surface area contributed by atoms with Gasteiger partial charge in [0.05, 0.1) is 0 Å². The maximum Gasteiger partial charge on any atom is 0.356 e. The minimum Gasteiger partial charge on any atom is -0.476 e. The molecular formula is C15H17N3O2. The minimum absolute atomic E-state index is 0.0480. The molecule has 2 aromatic rings. The van der Waals surface area contributed by atoms with E-state index in [9.17, 15) is 4.79 Å². The molecule has 1 atom stereocenters. The fourth-order valence-corrected chi connectivity index (χ4v) is 1.91. The number of carboxylic acids is 1. The molecule has 1 aromatic carbocycles. The molecular weight excluding hydrogens is 254 g/mol. The Morgan fingerprint density at radius 1 is 1.20 bits per heavy atom. The molecule has 2 rings (SSSR count). The largest absolute Gasteiger partial charge is 0.476 e. The molecule has 2 N–H and O–H groups in total. The van der Waals surface area contributed by atoms with Crippen LogP contribution < -0.4 is 5.32 Å². The van der Waals surface area contributed by atoms with E-state index in [2.05, 4.69) is 34.6 Å². The predicted molar refractivity (Wildman–Crippen MR) is 77.0 cm³/mol. The van der Waals surface area contributed by atoms with E-state index in [1.165, 1.54) is 11.6 Å². The van der Waals surface area contributed by atoms with Crippen LogP contribution in [0.25, 0.3) is 0 Å². The molecule has 0 saturated carbocycles. The van der Waals surface area contributed by atoms with Gasteiger partial charge in [-0.1, -0.05) is 37.3 Å². The Kier molecular flexibility index (Phi) is 4.65. The number of benzene rings is 1. The van der Waals surface area contributed by atoms with Crippen molar-refractivity contribution in [1.82, 2.24) is 10.2 Å². The Balaban J connectivity index is 1.82. The quantitative estimate of drug-likeness (QED) is 0.845. The minimum atomic E-state index is -1.07. The Hall–Kier alpha value is -2.43. The zero-order chi connectivity index (χ0) is 14.4. The number of carbonyl (C=O) groups is 1. The van der Waals surface area contributed by atoms with Gasteiger partial charge < -0.3 is 10.4 Å². The van der Waals surface area contributed by atoms with Crippen LogP contribution in [0.3, 0.4) is 0 Å². The summed E-state index contributed by atoms with van der Waals surface area (Å²) >= 11 is 0. The summed E-state index contributed by atoms with van der Waals surface area (Å²) in [6, 6.07) is 13.4. The van der Waals surface area contributed by atoms with Crippen molar-refractivity contribution in [2.45, 2.75) is 19.3 Å². The molecule has 0 aliphatic rings. The van der Waals surface area contributed by atoms with Crippen molar-refractivity contribution < 1.29 is 9.90 Å². The molecule has 0 aliphatic heterocycles. The smallest absolute Gasteiger partial charge is 0.356 e. The standard InChI is InChI=1S/C15H17N3O2/c1-11(12-5-3-2-4-6-12)9-10-16-14-8-7-13(15(19)20)17-18-14/h2-8,11H,9-10H2,1H3,(H,16,18)(H,19,20). The second kappa shape index (κ2) is 6.65. The molecule has 1 aromatic heterocycles. The van der Waals surface area contributed by atoms with Crippen molar-refractivity contribution in [2.24, 2.45) is 0 Å². The van der Waals surface area contributed by atoms with Crippen LogP contribution in [0.5, 0.6) is 0 Å². The molecule has 0 fully saturated rings. The molecule has 0 amide bonds. The van der Waals surface area contributed by atoms with E-state index in [4.69, 9.17) is 5.11 Å². The van der Waals surface area contributed by atoms with Gasteiger partial charge in [0, 0.05) is 6.54 Å². The number of anilines is 1. The highest BCUT2D eigenvalue weighted by molar-refractivity contribution is 5.85. The fraction of sp³-hybridized carbons (Fsp3) is 0.267. The maximum atomic E-state index is 10.6. The summed E-state index contributed by atoms with van der Waals surface area (Å²) in [5.74, 6) is -0.0213. The predicted octanol–water partition coefficient (Wildman–Crippen LogP) is 2.78. The normalized spacial score (nSPS) is 11.8. The zero-order valence-electron chi connectivity index (χ0n) is 11.3. The maximum absolute atomic E-state index is 10.6. The lowest BCUT2D eigenvalue weighted by molar-refractivity contribution is 0.0689. The summed E-state index contributed by atoms with van der Waals surface area (Å²) in [7, 11) is 0. The van der Waals surface area contributed by atoms with Gasteiger partial charge in [0.2, 0.25) is 0 Å². The molecule has 1 unspecified atom stereocenters. The topological polar surface area (TPSA) is 75.1 Å². The first-order valence-electron chi connectivity index (χ1n) is 6.52. The second-order valence-corrected chi connectivity index (χ2v) is 4.64. The number of carboxylic acid groups (broad SMARTS) is 1. The van der Waals surface area contributed by atoms with Crippen LogP contribution >= 0.6 is 0 Å². The van der Waals surface area contributed by atoms with Crippen LogP contribution in [-0.2, 0) is 0 Å². The molecule has 0 bridgehead atoms. The molecule has 20 heavy (non-hydrogen) atoms. The Bertz CT molecular complexity index is 555. The van der Waals surface area contributed by atoms with Gasteiger partial charge in [0.15, 0.2) is 5.69 Å². The number of rotatable bonds is 6. The molecule has 0 radical (unpaired) electrons. The van der Waals surface area contributed by atoms with E-state index in [-0.39, 0.29) is 5.69 Å². The van der Waals surface area contributed by atoms with Crippen LogP contribution in [0.4, 0.5) is 5.82 Å². The number of aromatic nitrogens is 2. The average Bonchev–Trinajstić information content (AvgIpc) is 2.48. The van der Waals surface area contributed by atoms with Crippen molar-refractivity contribution in [3.8, 4) is 0 Å². The summed E-state index contributed by atoms with van der Waals surface area (Å²) in [6.45, 7) is 2.94. The van der Waals surface area contributed by atoms with Gasteiger partial charge in [0.25, 0.3) is 0 Å². The van der Waals surface area contributed by atoms with Crippen molar-refractivity contribution >= 4 is 11.8 Å². The highest BCUT2D eigenvalue weighted by Gasteiger charge is 2.06. The van der Waals surface area contributed by atoms with Gasteiger partial charge in [-0.05, 0) is 30.0 Å². The molecule has 0 aliphatic carbocycles. The van der Waals surface area contributed by atoms with Crippen LogP contribution in [-0.4, -0.2) is 27.8 Å². The first-order chi connectivity index (χ1) is 9.66. The summed E-state index contributed by atoms with van der Waals surface area (Å²) in [4.78, 5) is 10.6. The number of hydrogen-bond acceptors (Lipinski definition) is 4. The third kappa shape index (κ3) is 3.78. The fourth-order valence-electron chi connectivity index (χ4n) is 1.91. The number of aromatic carboxylic acids is 1. The third-order valence-corrected chi connectivity index (χ3v) is 3.14. The van der Waals surface area contributed by atoms with Gasteiger partial charge in [-0.25, -0.2) is 4.79 Å². The van der Waals surface area contributed by atoms with Gasteiger partial charge in [-0.15, -0.1) is 10.2 Å². The summed E-state index contributed by atoms with van der Waals surface area (Å²) in [5.41, 5.74) is 1.26. The average molecular weight is 271 g/mol. The van der Waals surface area contributed by atoms with Crippen molar-refractivity contribution in [3.63, 3.8) is 0 Å². The zero-order valence-corrected chi connectivity index (χ0v) is 11.3. The van der Waals surface area contributed by atoms with Crippen molar-refractivity contribution in [1.29, 1.82) is 0 Å². The Morgan fingerprint density at radius 2 is 1.95 bits per heavy atom. The van der Waals surface area contributed by atoms with E-state index >= 15 is 0 Å². The van der Waals surface area contributed by atoms with E-state index in [1.807, 2.05) is 18.2 Å². The monoisotopic (exact) mass is 271 g/mol. The molecule has 1 heterocycles. The molecule has 5 heteroatoms. The number of nitrogens with zero attached hydrogens (tertiary/aromatic N) is 2. The second-order valence-electron chi connectivity index (χ2n) is 4.64. The summed E-state index contributed by atoms with van der Waals surface area (Å²) < 4.78 is 0. The van der Waals surface area contributed by atoms with Crippen molar-refractivity contribution in [3.05, 3.63) is 53.7 Å².